The number of carbonyl (C=O) groups excluding carboxylic acids is 3. The van der Waals surface area contributed by atoms with E-state index in [1.165, 1.54) is 23.5 Å². The molecule has 1 saturated carbocycles. The van der Waals surface area contributed by atoms with Gasteiger partial charge in [-0.25, -0.2) is 8.78 Å². The summed E-state index contributed by atoms with van der Waals surface area (Å²) in [7, 11) is 0. The minimum Gasteiger partial charge on any atom is -0.326 e. The van der Waals surface area contributed by atoms with Gasteiger partial charge >= 0.3 is 6.43 Å². The SMILES string of the molecule is O=C(Nc1ccc(F)c(NC(=O)C(F)F)c1F)c1cc(NC(=O)C2C(c3cccc(Br)c3)C2(Cl)Cl)ccc1Cl. The van der Waals surface area contributed by atoms with Crippen LogP contribution in [0.5, 0.6) is 0 Å². The van der Waals surface area contributed by atoms with Gasteiger partial charge in [-0.3, -0.25) is 14.4 Å². The number of alkyl halides is 4. The predicted molar refractivity (Wildman–Crippen MR) is 144 cm³/mol. The zero-order valence-electron chi connectivity index (χ0n) is 19.2. The molecule has 0 heterocycles. The highest BCUT2D eigenvalue weighted by Crippen LogP contribution is 2.65. The van der Waals surface area contributed by atoms with E-state index in [1.54, 1.807) is 18.2 Å². The van der Waals surface area contributed by atoms with Crippen molar-refractivity contribution < 1.29 is 31.9 Å². The fourth-order valence-corrected chi connectivity index (χ4v) is 5.34. The lowest BCUT2D eigenvalue weighted by atomic mass is 10.1. The number of carbonyl (C=O) groups is 3. The summed E-state index contributed by atoms with van der Waals surface area (Å²) in [5, 5.41) is 6.10. The molecule has 204 valence electrons. The Morgan fingerprint density at radius 3 is 2.33 bits per heavy atom. The van der Waals surface area contributed by atoms with Gasteiger partial charge in [-0.15, -0.1) is 23.2 Å². The molecule has 0 saturated heterocycles. The van der Waals surface area contributed by atoms with Gasteiger partial charge in [-0.05, 0) is 48.0 Å². The highest BCUT2D eigenvalue weighted by molar-refractivity contribution is 9.10. The molecule has 2 unspecified atom stereocenters. The minimum atomic E-state index is -3.53. The third-order valence-corrected chi connectivity index (χ3v) is 7.57. The van der Waals surface area contributed by atoms with Gasteiger partial charge in [0.05, 0.1) is 22.2 Å². The maximum atomic E-state index is 14.7. The lowest BCUT2D eigenvalue weighted by Gasteiger charge is -2.13. The summed E-state index contributed by atoms with van der Waals surface area (Å²) in [5.74, 6) is -7.56. The average molecular weight is 668 g/mol. The average Bonchev–Trinajstić information content (AvgIpc) is 3.46. The quantitative estimate of drug-likeness (QED) is 0.182. The first-order chi connectivity index (χ1) is 18.3. The van der Waals surface area contributed by atoms with Gasteiger partial charge in [0.25, 0.3) is 11.8 Å². The minimum absolute atomic E-state index is 0.0817. The molecule has 0 aromatic heterocycles. The van der Waals surface area contributed by atoms with Gasteiger partial charge in [-0.1, -0.05) is 39.7 Å². The zero-order valence-corrected chi connectivity index (χ0v) is 23.0. The number of hydrogen-bond donors (Lipinski definition) is 3. The molecule has 4 rings (SSSR count). The molecule has 0 spiro atoms. The Morgan fingerprint density at radius 1 is 0.949 bits per heavy atom. The Morgan fingerprint density at radius 2 is 1.67 bits per heavy atom. The summed E-state index contributed by atoms with van der Waals surface area (Å²) < 4.78 is 53.1. The highest BCUT2D eigenvalue weighted by atomic mass is 79.9. The second-order valence-corrected chi connectivity index (χ2v) is 11.2. The van der Waals surface area contributed by atoms with E-state index in [9.17, 15) is 31.9 Å². The second-order valence-electron chi connectivity index (χ2n) is 8.40. The molecule has 0 aliphatic heterocycles. The molecular formula is C25H15BrCl3F4N3O3. The van der Waals surface area contributed by atoms with E-state index in [0.29, 0.717) is 6.07 Å². The first-order valence-electron chi connectivity index (χ1n) is 10.9. The van der Waals surface area contributed by atoms with Gasteiger partial charge in [0.1, 0.15) is 15.8 Å². The van der Waals surface area contributed by atoms with Crippen molar-refractivity contribution in [1.29, 1.82) is 0 Å². The van der Waals surface area contributed by atoms with E-state index in [-0.39, 0.29) is 16.3 Å². The van der Waals surface area contributed by atoms with Crippen molar-refractivity contribution in [3.05, 3.63) is 86.9 Å². The summed E-state index contributed by atoms with van der Waals surface area (Å²) >= 11 is 22.2. The molecule has 39 heavy (non-hydrogen) atoms. The Hall–Kier alpha value is -2.86. The van der Waals surface area contributed by atoms with E-state index >= 15 is 0 Å². The second kappa shape index (κ2) is 11.3. The number of nitrogens with one attached hydrogen (secondary N) is 3. The highest BCUT2D eigenvalue weighted by Gasteiger charge is 2.67. The van der Waals surface area contributed by atoms with Crippen molar-refractivity contribution >= 4 is 85.5 Å². The summed E-state index contributed by atoms with van der Waals surface area (Å²) in [6.07, 6.45) is -3.53. The first-order valence-corrected chi connectivity index (χ1v) is 12.9. The first kappa shape index (κ1) is 29.1. The van der Waals surface area contributed by atoms with Crippen LogP contribution < -0.4 is 16.0 Å². The lowest BCUT2D eigenvalue weighted by Crippen LogP contribution is -2.22. The van der Waals surface area contributed by atoms with Crippen LogP contribution in [0, 0.1) is 17.6 Å². The molecule has 14 heteroatoms. The van der Waals surface area contributed by atoms with Crippen molar-refractivity contribution in [1.82, 2.24) is 0 Å². The number of benzene rings is 3. The van der Waals surface area contributed by atoms with Gasteiger partial charge in [0.15, 0.2) is 5.82 Å². The van der Waals surface area contributed by atoms with Gasteiger partial charge in [-0.2, -0.15) is 8.78 Å². The van der Waals surface area contributed by atoms with Crippen molar-refractivity contribution in [3.63, 3.8) is 0 Å². The molecule has 3 N–H and O–H groups in total. The molecule has 0 bridgehead atoms. The molecule has 2 atom stereocenters. The zero-order chi connectivity index (χ0) is 28.6. The molecular weight excluding hydrogens is 653 g/mol. The van der Waals surface area contributed by atoms with E-state index in [4.69, 9.17) is 34.8 Å². The smallest absolute Gasteiger partial charge is 0.315 e. The van der Waals surface area contributed by atoms with Crippen molar-refractivity contribution in [2.24, 2.45) is 5.92 Å². The fraction of sp³-hybridized carbons (Fsp3) is 0.160. The van der Waals surface area contributed by atoms with Crippen molar-refractivity contribution in [2.75, 3.05) is 16.0 Å². The van der Waals surface area contributed by atoms with Crippen LogP contribution in [0.1, 0.15) is 21.8 Å². The van der Waals surface area contributed by atoms with Gasteiger partial charge in [0, 0.05) is 16.1 Å². The largest absolute Gasteiger partial charge is 0.326 e. The maximum absolute atomic E-state index is 14.7. The van der Waals surface area contributed by atoms with Crippen molar-refractivity contribution in [3.8, 4) is 0 Å². The molecule has 3 amide bonds. The van der Waals surface area contributed by atoms with E-state index in [2.05, 4.69) is 26.6 Å². The summed E-state index contributed by atoms with van der Waals surface area (Å²) in [4.78, 5) is 37.0. The Bertz CT molecular complexity index is 1490. The number of rotatable bonds is 7. The Kier molecular flexibility index (Phi) is 8.46. The van der Waals surface area contributed by atoms with Crippen LogP contribution in [0.4, 0.5) is 34.6 Å². The number of anilines is 3. The van der Waals surface area contributed by atoms with Crippen LogP contribution in [0.15, 0.2) is 59.1 Å². The maximum Gasteiger partial charge on any atom is 0.315 e. The number of hydrogen-bond acceptors (Lipinski definition) is 3. The van der Waals surface area contributed by atoms with Crippen LogP contribution in [0.3, 0.4) is 0 Å². The molecule has 0 radical (unpaired) electrons. The van der Waals surface area contributed by atoms with E-state index < -0.39 is 63.3 Å². The molecule has 1 aliphatic carbocycles. The monoisotopic (exact) mass is 665 g/mol. The van der Waals surface area contributed by atoms with Crippen LogP contribution in [0.25, 0.3) is 0 Å². The van der Waals surface area contributed by atoms with Crippen molar-refractivity contribution in [2.45, 2.75) is 16.7 Å². The van der Waals surface area contributed by atoms with E-state index in [1.807, 2.05) is 6.07 Å². The molecule has 1 fully saturated rings. The van der Waals surface area contributed by atoms with Crippen LogP contribution in [-0.2, 0) is 9.59 Å². The lowest BCUT2D eigenvalue weighted by molar-refractivity contribution is -0.126. The van der Waals surface area contributed by atoms with Crippen LogP contribution in [0.2, 0.25) is 5.02 Å². The topological polar surface area (TPSA) is 87.3 Å². The molecule has 1 aliphatic rings. The standard InChI is InChI=1S/C25H15BrCl3F4N3O3/c26-11-3-1-2-10(8-11)17-18(25(17,28)29)23(38)34-12-4-5-14(27)13(9-12)22(37)35-16-7-6-15(30)20(19(16)31)36-24(39)21(32)33/h1-9,17-18,21H,(H,34,38)(H,35,37)(H,36,39). The normalized spacial score (nSPS) is 17.5. The Balaban J connectivity index is 1.51. The third-order valence-electron chi connectivity index (χ3n) is 5.81. The summed E-state index contributed by atoms with van der Waals surface area (Å²) in [5.41, 5.74) is -1.11. The number of halogens is 8. The number of amides is 3. The van der Waals surface area contributed by atoms with Gasteiger partial charge in [0.2, 0.25) is 5.91 Å². The fourth-order valence-electron chi connectivity index (χ4n) is 3.90. The van der Waals surface area contributed by atoms with Crippen LogP contribution in [-0.4, -0.2) is 28.5 Å². The predicted octanol–water partition coefficient (Wildman–Crippen LogP) is 7.36. The third kappa shape index (κ3) is 6.16. The summed E-state index contributed by atoms with van der Waals surface area (Å²) in [6.45, 7) is 0. The molecule has 3 aromatic rings. The van der Waals surface area contributed by atoms with E-state index in [0.717, 1.165) is 16.1 Å². The van der Waals surface area contributed by atoms with Crippen LogP contribution >= 0.6 is 50.7 Å². The molecule has 3 aromatic carbocycles. The van der Waals surface area contributed by atoms with Gasteiger partial charge < -0.3 is 16.0 Å². The Labute approximate surface area is 242 Å². The molecule has 6 nitrogen and oxygen atoms in total. The summed E-state index contributed by atoms with van der Waals surface area (Å²) in [6, 6.07) is 12.6.